The molecule has 0 spiro atoms. The van der Waals surface area contributed by atoms with Gasteiger partial charge in [-0.1, -0.05) is 12.1 Å². The first-order valence-electron chi connectivity index (χ1n) is 10.2. The van der Waals surface area contributed by atoms with Crippen molar-refractivity contribution in [2.24, 2.45) is 4.99 Å². The molecule has 2 aromatic rings. The monoisotopic (exact) mass is 572 g/mol. The number of benzene rings is 2. The van der Waals surface area contributed by atoms with E-state index in [2.05, 4.69) is 20.9 Å². The number of methoxy groups -OCH3 is 4. The van der Waals surface area contributed by atoms with E-state index in [4.69, 9.17) is 18.9 Å². The third kappa shape index (κ3) is 8.87. The van der Waals surface area contributed by atoms with Gasteiger partial charge in [0.05, 0.1) is 41.5 Å². The highest BCUT2D eigenvalue weighted by molar-refractivity contribution is 14.0. The van der Waals surface area contributed by atoms with Crippen molar-refractivity contribution >= 4 is 35.8 Å². The predicted octanol–water partition coefficient (Wildman–Crippen LogP) is 2.71. The van der Waals surface area contributed by atoms with Gasteiger partial charge in [0.1, 0.15) is 5.75 Å². The number of aliphatic imine (C=N–C) groups is 1. The Morgan fingerprint density at radius 2 is 1.48 bits per heavy atom. The third-order valence-corrected chi connectivity index (χ3v) is 4.55. The quantitative estimate of drug-likeness (QED) is 0.216. The smallest absolute Gasteiger partial charge is 0.239 e. The average Bonchev–Trinajstić information content (AvgIpc) is 2.83. The largest absolute Gasteiger partial charge is 0.497 e. The Labute approximate surface area is 212 Å². The Morgan fingerprint density at radius 1 is 0.848 bits per heavy atom. The van der Waals surface area contributed by atoms with E-state index in [0.717, 1.165) is 16.9 Å². The lowest BCUT2D eigenvalue weighted by molar-refractivity contribution is -0.120. The highest BCUT2D eigenvalue weighted by Gasteiger charge is 2.13. The van der Waals surface area contributed by atoms with E-state index in [0.29, 0.717) is 42.8 Å². The van der Waals surface area contributed by atoms with Crippen molar-refractivity contribution < 1.29 is 23.7 Å². The molecule has 182 valence electrons. The van der Waals surface area contributed by atoms with E-state index in [9.17, 15) is 4.79 Å². The summed E-state index contributed by atoms with van der Waals surface area (Å²) in [5.41, 5.74) is 1.86. The summed E-state index contributed by atoms with van der Waals surface area (Å²) in [7, 11) is 6.32. The van der Waals surface area contributed by atoms with E-state index < -0.39 is 0 Å². The van der Waals surface area contributed by atoms with Gasteiger partial charge in [0.2, 0.25) is 11.7 Å². The van der Waals surface area contributed by atoms with Crippen LogP contribution in [0, 0.1) is 0 Å². The maximum atomic E-state index is 12.2. The number of hydrogen-bond acceptors (Lipinski definition) is 6. The predicted molar refractivity (Wildman–Crippen MR) is 139 cm³/mol. The van der Waals surface area contributed by atoms with Gasteiger partial charge in [0, 0.05) is 13.1 Å². The first-order valence-corrected chi connectivity index (χ1v) is 10.2. The van der Waals surface area contributed by atoms with Crippen LogP contribution in [0.1, 0.15) is 18.1 Å². The fourth-order valence-electron chi connectivity index (χ4n) is 2.91. The molecule has 0 fully saturated rings. The molecule has 10 heteroatoms. The molecule has 0 bridgehead atoms. The Hall–Kier alpha value is -2.89. The molecule has 0 radical (unpaired) electrons. The second-order valence-corrected chi connectivity index (χ2v) is 6.71. The van der Waals surface area contributed by atoms with Crippen molar-refractivity contribution in [3.63, 3.8) is 0 Å². The molecule has 0 aromatic heterocycles. The molecular formula is C23H33IN4O5. The number of carbonyl (C=O) groups excluding carboxylic acids is 1. The lowest BCUT2D eigenvalue weighted by atomic mass is 10.2. The lowest BCUT2D eigenvalue weighted by Crippen LogP contribution is -2.43. The van der Waals surface area contributed by atoms with Crippen molar-refractivity contribution in [1.29, 1.82) is 0 Å². The lowest BCUT2D eigenvalue weighted by Gasteiger charge is -2.14. The number of carbonyl (C=O) groups is 1. The van der Waals surface area contributed by atoms with Crippen LogP contribution in [0.4, 0.5) is 0 Å². The zero-order valence-electron chi connectivity index (χ0n) is 19.7. The van der Waals surface area contributed by atoms with Crippen molar-refractivity contribution in [3.05, 3.63) is 47.5 Å². The van der Waals surface area contributed by atoms with Crippen LogP contribution >= 0.6 is 24.0 Å². The average molecular weight is 572 g/mol. The highest BCUT2D eigenvalue weighted by Crippen LogP contribution is 2.38. The van der Waals surface area contributed by atoms with Crippen molar-refractivity contribution in [2.75, 3.05) is 41.5 Å². The summed E-state index contributed by atoms with van der Waals surface area (Å²) in [5.74, 6) is 2.82. The van der Waals surface area contributed by atoms with Gasteiger partial charge in [-0.3, -0.25) is 4.79 Å². The minimum Gasteiger partial charge on any atom is -0.497 e. The van der Waals surface area contributed by atoms with E-state index in [1.807, 2.05) is 43.3 Å². The molecule has 0 saturated carbocycles. The summed E-state index contributed by atoms with van der Waals surface area (Å²) in [6, 6.07) is 11.2. The van der Waals surface area contributed by atoms with E-state index in [1.54, 1.807) is 28.4 Å². The Balaban J connectivity index is 0.00000544. The van der Waals surface area contributed by atoms with E-state index in [-0.39, 0.29) is 36.4 Å². The second kappa shape index (κ2) is 15.0. The van der Waals surface area contributed by atoms with Gasteiger partial charge in [-0.25, -0.2) is 4.99 Å². The fraction of sp³-hybridized carbons (Fsp3) is 0.391. The number of nitrogens with one attached hydrogen (secondary N) is 3. The van der Waals surface area contributed by atoms with Crippen LogP contribution in [0.5, 0.6) is 23.0 Å². The zero-order valence-corrected chi connectivity index (χ0v) is 22.0. The van der Waals surface area contributed by atoms with Crippen LogP contribution in [0.15, 0.2) is 41.4 Å². The molecule has 0 aliphatic heterocycles. The maximum absolute atomic E-state index is 12.2. The maximum Gasteiger partial charge on any atom is 0.239 e. The van der Waals surface area contributed by atoms with Crippen LogP contribution in [0.25, 0.3) is 0 Å². The van der Waals surface area contributed by atoms with Crippen LogP contribution < -0.4 is 34.9 Å². The standard InChI is InChI=1S/C23H32N4O5.HI/c1-6-24-23(26-14-17-11-19(30-3)22(32-5)20(12-17)31-4)27-15-21(28)25-13-16-7-9-18(29-2)10-8-16;/h7-12H,6,13-15H2,1-5H3,(H,25,28)(H2,24,26,27);1H. The summed E-state index contributed by atoms with van der Waals surface area (Å²) in [5, 5.41) is 9.06. The van der Waals surface area contributed by atoms with Gasteiger partial charge in [-0.2, -0.15) is 0 Å². The summed E-state index contributed by atoms with van der Waals surface area (Å²) in [6.45, 7) is 3.51. The number of guanidine groups is 1. The second-order valence-electron chi connectivity index (χ2n) is 6.71. The van der Waals surface area contributed by atoms with Crippen LogP contribution in [0.3, 0.4) is 0 Å². The number of halogens is 1. The molecule has 1 amide bonds. The molecule has 9 nitrogen and oxygen atoms in total. The number of amides is 1. The number of rotatable bonds is 11. The number of nitrogens with zero attached hydrogens (tertiary/aromatic N) is 1. The van der Waals surface area contributed by atoms with Gasteiger partial charge in [0.15, 0.2) is 17.5 Å². The minimum atomic E-state index is -0.140. The molecule has 0 atom stereocenters. The Bertz CT molecular complexity index is 881. The van der Waals surface area contributed by atoms with E-state index in [1.165, 1.54) is 0 Å². The van der Waals surface area contributed by atoms with Gasteiger partial charge in [-0.05, 0) is 42.3 Å². The van der Waals surface area contributed by atoms with Crippen LogP contribution in [0.2, 0.25) is 0 Å². The van der Waals surface area contributed by atoms with E-state index >= 15 is 0 Å². The number of hydrogen-bond donors (Lipinski definition) is 3. The van der Waals surface area contributed by atoms with Crippen molar-refractivity contribution in [2.45, 2.75) is 20.0 Å². The molecule has 0 aliphatic carbocycles. The summed E-state index contributed by atoms with van der Waals surface area (Å²) < 4.78 is 21.3. The minimum absolute atomic E-state index is 0. The van der Waals surface area contributed by atoms with Gasteiger partial charge >= 0.3 is 0 Å². The molecule has 0 aliphatic rings. The first-order chi connectivity index (χ1) is 15.5. The molecule has 2 rings (SSSR count). The van der Waals surface area contributed by atoms with Crippen LogP contribution in [-0.2, 0) is 17.9 Å². The molecular weight excluding hydrogens is 539 g/mol. The normalized spacial score (nSPS) is 10.5. The molecule has 2 aromatic carbocycles. The van der Waals surface area contributed by atoms with Gasteiger partial charge in [-0.15, -0.1) is 24.0 Å². The first kappa shape index (κ1) is 28.1. The molecule has 33 heavy (non-hydrogen) atoms. The summed E-state index contributed by atoms with van der Waals surface area (Å²) >= 11 is 0. The summed E-state index contributed by atoms with van der Waals surface area (Å²) in [6.07, 6.45) is 0. The van der Waals surface area contributed by atoms with Crippen molar-refractivity contribution in [3.8, 4) is 23.0 Å². The molecule has 0 unspecified atom stereocenters. The number of ether oxygens (including phenoxy) is 4. The summed E-state index contributed by atoms with van der Waals surface area (Å²) in [4.78, 5) is 16.8. The van der Waals surface area contributed by atoms with Crippen molar-refractivity contribution in [1.82, 2.24) is 16.0 Å². The topological polar surface area (TPSA) is 102 Å². The van der Waals surface area contributed by atoms with Gasteiger partial charge < -0.3 is 34.9 Å². The Morgan fingerprint density at radius 3 is 2.00 bits per heavy atom. The zero-order chi connectivity index (χ0) is 23.3. The molecule has 0 heterocycles. The Kier molecular flexibility index (Phi) is 12.8. The van der Waals surface area contributed by atoms with Crippen LogP contribution in [-0.4, -0.2) is 53.4 Å². The third-order valence-electron chi connectivity index (χ3n) is 4.55. The highest BCUT2D eigenvalue weighted by atomic mass is 127. The fourth-order valence-corrected chi connectivity index (χ4v) is 2.91. The van der Waals surface area contributed by atoms with Gasteiger partial charge in [0.25, 0.3) is 0 Å². The molecule has 0 saturated heterocycles. The SMILES string of the molecule is CCNC(=NCc1cc(OC)c(OC)c(OC)c1)NCC(=O)NCc1ccc(OC)cc1.I. The molecule has 3 N–H and O–H groups in total.